The lowest BCUT2D eigenvalue weighted by molar-refractivity contribution is 0.0342. The monoisotopic (exact) mass is 560 g/mol. The van der Waals surface area contributed by atoms with E-state index in [4.69, 9.17) is 14.5 Å². The van der Waals surface area contributed by atoms with Gasteiger partial charge in [-0.15, -0.1) is 0 Å². The number of aromatic nitrogens is 4. The summed E-state index contributed by atoms with van der Waals surface area (Å²) in [5, 5.41) is 13.0. The number of methoxy groups -OCH3 is 1. The fourth-order valence-electron chi connectivity index (χ4n) is 5.75. The van der Waals surface area contributed by atoms with Crippen LogP contribution in [0.15, 0.2) is 48.9 Å². The zero-order chi connectivity index (χ0) is 28.3. The predicted octanol–water partition coefficient (Wildman–Crippen LogP) is 4.20. The van der Waals surface area contributed by atoms with Crippen LogP contribution in [0.4, 0.5) is 10.3 Å². The number of aliphatic hydroxyl groups excluding tert-OH is 1. The highest BCUT2D eigenvalue weighted by atomic mass is 19.1. The molecular formula is C30H33FN6O4. The van der Waals surface area contributed by atoms with Crippen molar-refractivity contribution < 1.29 is 23.8 Å². The first-order chi connectivity index (χ1) is 20.0. The summed E-state index contributed by atoms with van der Waals surface area (Å²) in [4.78, 5) is 28.9. The molecule has 4 heterocycles. The lowest BCUT2D eigenvalue weighted by atomic mass is 9.93. The first-order valence-corrected chi connectivity index (χ1v) is 13.9. The van der Waals surface area contributed by atoms with Gasteiger partial charge in [-0.1, -0.05) is 6.07 Å². The van der Waals surface area contributed by atoms with Gasteiger partial charge >= 0.3 is 0 Å². The van der Waals surface area contributed by atoms with Gasteiger partial charge in [-0.2, -0.15) is 0 Å². The molecule has 1 amide bonds. The number of rotatable bonds is 7. The lowest BCUT2D eigenvalue weighted by Gasteiger charge is -2.28. The van der Waals surface area contributed by atoms with Gasteiger partial charge in [0.05, 0.1) is 48.6 Å². The molecule has 0 unspecified atom stereocenters. The number of carbonyl (C=O) groups is 1. The quantitative estimate of drug-likeness (QED) is 0.346. The van der Waals surface area contributed by atoms with Crippen LogP contribution in [0.5, 0.6) is 5.75 Å². The van der Waals surface area contributed by atoms with Crippen molar-refractivity contribution in [2.24, 2.45) is 0 Å². The van der Waals surface area contributed by atoms with Crippen molar-refractivity contribution in [3.63, 3.8) is 0 Å². The average molecular weight is 561 g/mol. The van der Waals surface area contributed by atoms with Crippen LogP contribution in [0, 0.1) is 5.82 Å². The standard InChI is InChI=1S/C30H33FN6O4/c1-40-26-9-10-32-17-23(26)28-27(31)22(8-11-33-28)29(39)35-30-34-24-16-19(18-36-12-14-41-15-13-36)2-7-25(24)37(30)20-3-5-21(38)6-4-20/h2,7-11,16-17,20-21,38H,3-6,12-15,18H2,1H3,(H,34,35,39)/t20-,21+. The third-order valence-corrected chi connectivity index (χ3v) is 7.91. The smallest absolute Gasteiger partial charge is 0.261 e. The van der Waals surface area contributed by atoms with Crippen molar-refractivity contribution in [2.75, 3.05) is 38.7 Å². The van der Waals surface area contributed by atoms with E-state index < -0.39 is 11.7 Å². The maximum Gasteiger partial charge on any atom is 0.261 e. The minimum atomic E-state index is -0.771. The molecule has 0 spiro atoms. The Morgan fingerprint density at radius 1 is 1.15 bits per heavy atom. The van der Waals surface area contributed by atoms with Crippen LogP contribution in [0.1, 0.15) is 47.6 Å². The molecule has 0 bridgehead atoms. The molecule has 0 atom stereocenters. The van der Waals surface area contributed by atoms with Gasteiger partial charge in [0.25, 0.3) is 5.91 Å². The minimum Gasteiger partial charge on any atom is -0.496 e. The van der Waals surface area contributed by atoms with E-state index in [1.165, 1.54) is 31.8 Å². The molecule has 214 valence electrons. The first-order valence-electron chi connectivity index (χ1n) is 13.9. The summed E-state index contributed by atoms with van der Waals surface area (Å²) in [6, 6.07) is 9.19. The number of benzene rings is 1. The SMILES string of the molecule is COc1ccncc1-c1nccc(C(=O)Nc2nc3cc(CN4CCOCC4)ccc3n2[C@H]2CC[C@@H](O)CC2)c1F. The molecular weight excluding hydrogens is 527 g/mol. The van der Waals surface area contributed by atoms with E-state index in [0.29, 0.717) is 30.1 Å². The molecule has 1 saturated heterocycles. The summed E-state index contributed by atoms with van der Waals surface area (Å²) < 4.78 is 28.6. The van der Waals surface area contributed by atoms with E-state index in [-0.39, 0.29) is 23.4 Å². The lowest BCUT2D eigenvalue weighted by Crippen LogP contribution is -2.35. The van der Waals surface area contributed by atoms with Gasteiger partial charge in [-0.25, -0.2) is 9.37 Å². The van der Waals surface area contributed by atoms with Crippen molar-refractivity contribution in [3.8, 4) is 17.0 Å². The summed E-state index contributed by atoms with van der Waals surface area (Å²) in [5.41, 5.74) is 2.94. The summed E-state index contributed by atoms with van der Waals surface area (Å²) in [7, 11) is 1.48. The normalized spacial score (nSPS) is 19.8. The molecule has 0 radical (unpaired) electrons. The number of anilines is 1. The molecule has 6 rings (SSSR count). The number of hydrogen-bond donors (Lipinski definition) is 2. The molecule has 1 aliphatic carbocycles. The maximum absolute atomic E-state index is 15.7. The van der Waals surface area contributed by atoms with Crippen LogP contribution >= 0.6 is 0 Å². The third-order valence-electron chi connectivity index (χ3n) is 7.91. The molecule has 3 aromatic heterocycles. The Bertz CT molecular complexity index is 1550. The number of imidazole rings is 1. The van der Waals surface area contributed by atoms with Crippen LogP contribution in [-0.4, -0.2) is 74.9 Å². The largest absolute Gasteiger partial charge is 0.496 e. The molecule has 1 aliphatic heterocycles. The van der Waals surface area contributed by atoms with Crippen LogP contribution in [-0.2, 0) is 11.3 Å². The second-order valence-electron chi connectivity index (χ2n) is 10.5. The maximum atomic E-state index is 15.7. The second kappa shape index (κ2) is 11.9. The van der Waals surface area contributed by atoms with Gasteiger partial charge in [0.1, 0.15) is 11.4 Å². The summed E-state index contributed by atoms with van der Waals surface area (Å²) >= 11 is 0. The van der Waals surface area contributed by atoms with E-state index >= 15 is 4.39 Å². The molecule has 1 aromatic carbocycles. The van der Waals surface area contributed by atoms with E-state index in [1.54, 1.807) is 6.07 Å². The molecule has 2 fully saturated rings. The zero-order valence-corrected chi connectivity index (χ0v) is 22.9. The van der Waals surface area contributed by atoms with E-state index in [0.717, 1.165) is 62.3 Å². The number of halogens is 1. The number of nitrogens with zero attached hydrogens (tertiary/aromatic N) is 5. The molecule has 2 N–H and O–H groups in total. The zero-order valence-electron chi connectivity index (χ0n) is 22.9. The first kappa shape index (κ1) is 27.3. The molecule has 11 heteroatoms. The number of nitrogens with one attached hydrogen (secondary N) is 1. The van der Waals surface area contributed by atoms with Crippen LogP contribution in [0.2, 0.25) is 0 Å². The molecule has 1 saturated carbocycles. The molecule has 10 nitrogen and oxygen atoms in total. The fraction of sp³-hybridized carbons (Fsp3) is 0.400. The predicted molar refractivity (Wildman–Crippen MR) is 151 cm³/mol. The van der Waals surface area contributed by atoms with Crippen LogP contribution in [0.3, 0.4) is 0 Å². The molecule has 4 aromatic rings. The number of hydrogen-bond acceptors (Lipinski definition) is 8. The van der Waals surface area contributed by atoms with Crippen molar-refractivity contribution >= 4 is 22.9 Å². The third kappa shape index (κ3) is 5.65. The fourth-order valence-corrected chi connectivity index (χ4v) is 5.75. The Hall–Kier alpha value is -3.93. The molecule has 41 heavy (non-hydrogen) atoms. The van der Waals surface area contributed by atoms with Crippen molar-refractivity contribution in [2.45, 2.75) is 44.4 Å². The van der Waals surface area contributed by atoms with Gasteiger partial charge in [0, 0.05) is 44.3 Å². The highest BCUT2D eigenvalue weighted by Crippen LogP contribution is 2.36. The number of pyridine rings is 2. The summed E-state index contributed by atoms with van der Waals surface area (Å²) in [5.74, 6) is -0.646. The van der Waals surface area contributed by atoms with Crippen molar-refractivity contribution in [1.82, 2.24) is 24.4 Å². The summed E-state index contributed by atoms with van der Waals surface area (Å²) in [6.07, 6.45) is 6.90. The topological polar surface area (TPSA) is 115 Å². The number of aliphatic hydroxyl groups is 1. The Balaban J connectivity index is 1.34. The number of amides is 1. The Morgan fingerprint density at radius 2 is 1.95 bits per heavy atom. The van der Waals surface area contributed by atoms with E-state index in [9.17, 15) is 9.90 Å². The minimum absolute atomic E-state index is 0.0230. The molecule has 2 aliphatic rings. The average Bonchev–Trinajstić information content (AvgIpc) is 3.35. The summed E-state index contributed by atoms with van der Waals surface area (Å²) in [6.45, 7) is 3.99. The van der Waals surface area contributed by atoms with E-state index in [2.05, 4.69) is 32.3 Å². The van der Waals surface area contributed by atoms with Gasteiger partial charge in [-0.05, 0) is 55.5 Å². The van der Waals surface area contributed by atoms with Gasteiger partial charge in [-0.3, -0.25) is 25.0 Å². The number of carbonyl (C=O) groups excluding carboxylic acids is 1. The van der Waals surface area contributed by atoms with Crippen LogP contribution < -0.4 is 10.1 Å². The Labute approximate surface area is 237 Å². The van der Waals surface area contributed by atoms with Crippen molar-refractivity contribution in [1.29, 1.82) is 0 Å². The Kier molecular flexibility index (Phi) is 7.91. The Morgan fingerprint density at radius 3 is 2.73 bits per heavy atom. The van der Waals surface area contributed by atoms with Gasteiger partial charge in [0.2, 0.25) is 5.95 Å². The highest BCUT2D eigenvalue weighted by Gasteiger charge is 2.27. The van der Waals surface area contributed by atoms with Crippen LogP contribution in [0.25, 0.3) is 22.3 Å². The van der Waals surface area contributed by atoms with E-state index in [1.807, 2.05) is 10.6 Å². The van der Waals surface area contributed by atoms with Gasteiger partial charge in [0.15, 0.2) is 5.82 Å². The number of fused-ring (bicyclic) bond motifs is 1. The van der Waals surface area contributed by atoms with Crippen molar-refractivity contribution in [3.05, 3.63) is 65.9 Å². The number of morpholine rings is 1. The van der Waals surface area contributed by atoms with Gasteiger partial charge < -0.3 is 19.1 Å². The number of ether oxygens (including phenoxy) is 2. The highest BCUT2D eigenvalue weighted by molar-refractivity contribution is 6.05. The second-order valence-corrected chi connectivity index (χ2v) is 10.5.